The summed E-state index contributed by atoms with van der Waals surface area (Å²) in [5.74, 6) is 0.642. The highest BCUT2D eigenvalue weighted by Crippen LogP contribution is 2.32. The van der Waals surface area contributed by atoms with Gasteiger partial charge in [0.2, 0.25) is 5.56 Å². The van der Waals surface area contributed by atoms with Crippen LogP contribution in [0.5, 0.6) is 5.75 Å². The van der Waals surface area contributed by atoms with Gasteiger partial charge in [0, 0.05) is 29.2 Å². The van der Waals surface area contributed by atoms with Crippen LogP contribution >= 0.6 is 0 Å². The van der Waals surface area contributed by atoms with E-state index in [0.717, 1.165) is 35.2 Å². The SMILES string of the molecule is COc1ccc2c(c1)CCCN2C(=O)c1cc(=O)[nH]c2ccccc12. The van der Waals surface area contributed by atoms with Crippen molar-refractivity contribution in [2.45, 2.75) is 12.8 Å². The molecule has 0 fully saturated rings. The summed E-state index contributed by atoms with van der Waals surface area (Å²) in [5.41, 5.74) is 2.82. The maximum absolute atomic E-state index is 13.2. The number of nitrogens with zero attached hydrogens (tertiary/aromatic N) is 1. The van der Waals surface area contributed by atoms with Gasteiger partial charge in [-0.1, -0.05) is 18.2 Å². The van der Waals surface area contributed by atoms with E-state index in [2.05, 4.69) is 4.98 Å². The molecule has 3 aromatic rings. The number of amides is 1. The van der Waals surface area contributed by atoms with Gasteiger partial charge < -0.3 is 14.6 Å². The third kappa shape index (κ3) is 2.67. The summed E-state index contributed by atoms with van der Waals surface area (Å²) in [5, 5.41) is 0.757. The summed E-state index contributed by atoms with van der Waals surface area (Å²) < 4.78 is 5.29. The normalized spacial score (nSPS) is 13.6. The number of methoxy groups -OCH3 is 1. The molecule has 1 aliphatic heterocycles. The van der Waals surface area contributed by atoms with Crippen LogP contribution in [0.4, 0.5) is 5.69 Å². The number of aryl methyl sites for hydroxylation is 1. The smallest absolute Gasteiger partial charge is 0.259 e. The van der Waals surface area contributed by atoms with Gasteiger partial charge in [-0.15, -0.1) is 0 Å². The van der Waals surface area contributed by atoms with E-state index in [1.807, 2.05) is 42.5 Å². The van der Waals surface area contributed by atoms with E-state index >= 15 is 0 Å². The van der Waals surface area contributed by atoms with E-state index < -0.39 is 0 Å². The predicted octanol–water partition coefficient (Wildman–Crippen LogP) is 3.13. The van der Waals surface area contributed by atoms with Crippen LogP contribution in [0, 0.1) is 0 Å². The number of hydrogen-bond donors (Lipinski definition) is 1. The Kier molecular flexibility index (Phi) is 3.76. The monoisotopic (exact) mass is 334 g/mol. The highest BCUT2D eigenvalue weighted by atomic mass is 16.5. The first-order valence-electron chi connectivity index (χ1n) is 8.28. The molecule has 1 N–H and O–H groups in total. The van der Waals surface area contributed by atoms with Gasteiger partial charge in [-0.25, -0.2) is 0 Å². The standard InChI is InChI=1S/C20H18N2O3/c1-25-14-8-9-18-13(11-14)5-4-10-22(18)20(24)16-12-19(23)21-17-7-3-2-6-15(16)17/h2-3,6-9,11-12H,4-5,10H2,1H3,(H,21,23). The molecule has 0 spiro atoms. The highest BCUT2D eigenvalue weighted by Gasteiger charge is 2.25. The average molecular weight is 334 g/mol. The molecular weight excluding hydrogens is 316 g/mol. The van der Waals surface area contributed by atoms with Gasteiger partial charge in [-0.05, 0) is 42.7 Å². The zero-order chi connectivity index (χ0) is 17.4. The lowest BCUT2D eigenvalue weighted by atomic mass is 9.99. The van der Waals surface area contributed by atoms with Crippen molar-refractivity contribution < 1.29 is 9.53 Å². The van der Waals surface area contributed by atoms with Crippen molar-refractivity contribution in [1.82, 2.24) is 4.98 Å². The topological polar surface area (TPSA) is 62.4 Å². The number of fused-ring (bicyclic) bond motifs is 2. The molecule has 2 heterocycles. The molecule has 5 heteroatoms. The third-order valence-corrected chi connectivity index (χ3v) is 4.63. The highest BCUT2D eigenvalue weighted by molar-refractivity contribution is 6.13. The van der Waals surface area contributed by atoms with Gasteiger partial charge in [-0.2, -0.15) is 0 Å². The van der Waals surface area contributed by atoms with Crippen molar-refractivity contribution in [3.63, 3.8) is 0 Å². The van der Waals surface area contributed by atoms with Crippen molar-refractivity contribution in [2.24, 2.45) is 0 Å². The molecule has 5 nitrogen and oxygen atoms in total. The van der Waals surface area contributed by atoms with Gasteiger partial charge >= 0.3 is 0 Å². The quantitative estimate of drug-likeness (QED) is 0.783. The number of nitrogens with one attached hydrogen (secondary N) is 1. The zero-order valence-corrected chi connectivity index (χ0v) is 13.9. The Hall–Kier alpha value is -3.08. The predicted molar refractivity (Wildman–Crippen MR) is 97.6 cm³/mol. The van der Waals surface area contributed by atoms with Gasteiger partial charge in [0.05, 0.1) is 12.7 Å². The largest absolute Gasteiger partial charge is 0.497 e. The van der Waals surface area contributed by atoms with Crippen molar-refractivity contribution in [3.8, 4) is 5.75 Å². The average Bonchev–Trinajstić information content (AvgIpc) is 2.65. The molecule has 0 aliphatic carbocycles. The summed E-state index contributed by atoms with van der Waals surface area (Å²) in [4.78, 5) is 29.7. The number of ether oxygens (including phenoxy) is 1. The number of aromatic nitrogens is 1. The van der Waals surface area contributed by atoms with Crippen LogP contribution in [-0.4, -0.2) is 24.5 Å². The molecule has 1 amide bonds. The summed E-state index contributed by atoms with van der Waals surface area (Å²) in [6.07, 6.45) is 1.79. The number of H-pyrrole nitrogens is 1. The Bertz CT molecular complexity index is 1020. The van der Waals surface area contributed by atoms with Gasteiger partial charge in [0.25, 0.3) is 5.91 Å². The fraction of sp³-hybridized carbons (Fsp3) is 0.200. The number of para-hydroxylation sites is 1. The minimum Gasteiger partial charge on any atom is -0.497 e. The molecule has 0 saturated heterocycles. The Balaban J connectivity index is 1.82. The number of pyridine rings is 1. The molecule has 4 rings (SSSR count). The summed E-state index contributed by atoms with van der Waals surface area (Å²) in [7, 11) is 1.63. The second-order valence-corrected chi connectivity index (χ2v) is 6.15. The summed E-state index contributed by atoms with van der Waals surface area (Å²) >= 11 is 0. The van der Waals surface area contributed by atoms with Gasteiger partial charge in [0.1, 0.15) is 5.75 Å². The van der Waals surface area contributed by atoms with E-state index in [0.29, 0.717) is 17.6 Å². The molecule has 0 bridgehead atoms. The van der Waals surface area contributed by atoms with E-state index in [9.17, 15) is 9.59 Å². The molecule has 0 radical (unpaired) electrons. The molecule has 126 valence electrons. The summed E-state index contributed by atoms with van der Waals surface area (Å²) in [6.45, 7) is 0.638. The maximum Gasteiger partial charge on any atom is 0.259 e. The lowest BCUT2D eigenvalue weighted by molar-refractivity contribution is 0.0986. The second kappa shape index (κ2) is 6.09. The van der Waals surface area contributed by atoms with E-state index in [1.54, 1.807) is 12.0 Å². The minimum atomic E-state index is -0.269. The Morgan fingerprint density at radius 3 is 2.84 bits per heavy atom. The molecule has 0 unspecified atom stereocenters. The van der Waals surface area contributed by atoms with Gasteiger partial charge in [-0.3, -0.25) is 9.59 Å². The Morgan fingerprint density at radius 1 is 1.16 bits per heavy atom. The van der Waals surface area contributed by atoms with Crippen LogP contribution in [0.1, 0.15) is 22.3 Å². The second-order valence-electron chi connectivity index (χ2n) is 6.15. The fourth-order valence-corrected chi connectivity index (χ4v) is 3.44. The zero-order valence-electron chi connectivity index (χ0n) is 13.9. The number of anilines is 1. The van der Waals surface area contributed by atoms with Crippen molar-refractivity contribution in [3.05, 3.63) is 70.0 Å². The van der Waals surface area contributed by atoms with E-state index in [1.165, 1.54) is 6.07 Å². The number of carbonyl (C=O) groups is 1. The molecular formula is C20H18N2O3. The van der Waals surface area contributed by atoms with Crippen molar-refractivity contribution >= 4 is 22.5 Å². The lowest BCUT2D eigenvalue weighted by Crippen LogP contribution is -2.36. The van der Waals surface area contributed by atoms with Crippen LogP contribution in [-0.2, 0) is 6.42 Å². The van der Waals surface area contributed by atoms with Crippen LogP contribution in [0.15, 0.2) is 53.3 Å². The number of benzene rings is 2. The molecule has 2 aromatic carbocycles. The number of rotatable bonds is 2. The molecule has 25 heavy (non-hydrogen) atoms. The van der Waals surface area contributed by atoms with Crippen molar-refractivity contribution in [1.29, 1.82) is 0 Å². The molecule has 1 aromatic heterocycles. The van der Waals surface area contributed by atoms with Crippen LogP contribution in [0.2, 0.25) is 0 Å². The van der Waals surface area contributed by atoms with Crippen LogP contribution < -0.4 is 15.2 Å². The van der Waals surface area contributed by atoms with Crippen LogP contribution in [0.3, 0.4) is 0 Å². The molecule has 0 atom stereocenters. The van der Waals surface area contributed by atoms with Crippen molar-refractivity contribution in [2.75, 3.05) is 18.6 Å². The first-order valence-corrected chi connectivity index (χ1v) is 8.28. The van der Waals surface area contributed by atoms with E-state index in [-0.39, 0.29) is 11.5 Å². The first-order chi connectivity index (χ1) is 12.2. The van der Waals surface area contributed by atoms with Crippen LogP contribution in [0.25, 0.3) is 10.9 Å². The van der Waals surface area contributed by atoms with E-state index in [4.69, 9.17) is 4.74 Å². The van der Waals surface area contributed by atoms with Gasteiger partial charge in [0.15, 0.2) is 0 Å². The third-order valence-electron chi connectivity index (χ3n) is 4.63. The number of aromatic amines is 1. The minimum absolute atomic E-state index is 0.145. The first kappa shape index (κ1) is 15.4. The number of hydrogen-bond acceptors (Lipinski definition) is 3. The lowest BCUT2D eigenvalue weighted by Gasteiger charge is -2.30. The molecule has 1 aliphatic rings. The fourth-order valence-electron chi connectivity index (χ4n) is 3.44. The molecule has 0 saturated carbocycles. The summed E-state index contributed by atoms with van der Waals surface area (Å²) in [6, 6.07) is 14.5. The Labute approximate surface area is 144 Å². The Morgan fingerprint density at radius 2 is 2.00 bits per heavy atom. The number of carbonyl (C=O) groups excluding carboxylic acids is 1. The maximum atomic E-state index is 13.2.